The van der Waals surface area contributed by atoms with Gasteiger partial charge in [-0.1, -0.05) is 24.3 Å². The van der Waals surface area contributed by atoms with E-state index >= 15 is 0 Å². The van der Waals surface area contributed by atoms with Gasteiger partial charge in [-0.25, -0.2) is 14.8 Å². The lowest BCUT2D eigenvalue weighted by Gasteiger charge is -2.33. The molecule has 2 fully saturated rings. The number of hydrogen-bond acceptors (Lipinski definition) is 5. The van der Waals surface area contributed by atoms with Crippen LogP contribution in [0.1, 0.15) is 36.8 Å². The van der Waals surface area contributed by atoms with E-state index in [1.807, 2.05) is 6.07 Å². The second-order valence-electron chi connectivity index (χ2n) is 7.96. The molecule has 0 aliphatic carbocycles. The third-order valence-corrected chi connectivity index (χ3v) is 5.64. The summed E-state index contributed by atoms with van der Waals surface area (Å²) < 4.78 is 0. The smallest absolute Gasteiger partial charge is 0.315 e. The van der Waals surface area contributed by atoms with Crippen LogP contribution in [-0.4, -0.2) is 53.1 Å². The van der Waals surface area contributed by atoms with Crippen molar-refractivity contribution in [1.29, 1.82) is 0 Å². The molecule has 2 aliphatic rings. The number of rotatable bonds is 6. The maximum atomic E-state index is 12.4. The molecule has 1 aromatic heterocycles. The summed E-state index contributed by atoms with van der Waals surface area (Å²) in [5.41, 5.74) is 2.46. The summed E-state index contributed by atoms with van der Waals surface area (Å²) >= 11 is 0. The van der Waals surface area contributed by atoms with Crippen LogP contribution in [0, 0.1) is 0 Å². The molecule has 4 rings (SSSR count). The van der Waals surface area contributed by atoms with Crippen LogP contribution in [-0.2, 0) is 13.1 Å². The molecule has 1 aromatic carbocycles. The van der Waals surface area contributed by atoms with Gasteiger partial charge in [-0.15, -0.1) is 0 Å². The van der Waals surface area contributed by atoms with E-state index in [0.29, 0.717) is 6.54 Å². The first-order valence-electron chi connectivity index (χ1n) is 10.6. The number of carbonyl (C=O) groups excluding carboxylic acids is 1. The van der Waals surface area contributed by atoms with Gasteiger partial charge in [0.1, 0.15) is 0 Å². The average Bonchev–Trinajstić information content (AvgIpc) is 3.26. The molecule has 0 spiro atoms. The molecule has 0 radical (unpaired) electrons. The Hall–Kier alpha value is -2.67. The molecule has 29 heavy (non-hydrogen) atoms. The molecule has 154 valence electrons. The molecule has 7 nitrogen and oxygen atoms in total. The molecule has 0 saturated carbocycles. The average molecular weight is 395 g/mol. The van der Waals surface area contributed by atoms with E-state index in [0.717, 1.165) is 44.0 Å². The highest BCUT2D eigenvalue weighted by atomic mass is 16.2. The van der Waals surface area contributed by atoms with Gasteiger partial charge in [0.2, 0.25) is 5.95 Å². The molecular formula is C22H30N6O. The quantitative estimate of drug-likeness (QED) is 0.788. The predicted octanol–water partition coefficient (Wildman–Crippen LogP) is 2.54. The third kappa shape index (κ3) is 5.67. The Morgan fingerprint density at radius 3 is 2.66 bits per heavy atom. The van der Waals surface area contributed by atoms with Crippen LogP contribution in [0.3, 0.4) is 0 Å². The molecule has 2 N–H and O–H groups in total. The van der Waals surface area contributed by atoms with Crippen LogP contribution in [0.4, 0.5) is 10.7 Å². The van der Waals surface area contributed by atoms with Crippen LogP contribution >= 0.6 is 0 Å². The summed E-state index contributed by atoms with van der Waals surface area (Å²) in [6.07, 6.45) is 8.10. The van der Waals surface area contributed by atoms with Crippen molar-refractivity contribution < 1.29 is 4.79 Å². The number of likely N-dealkylation sites (tertiary alicyclic amines) is 1. The van der Waals surface area contributed by atoms with Crippen LogP contribution in [0.25, 0.3) is 0 Å². The van der Waals surface area contributed by atoms with E-state index in [1.54, 1.807) is 12.4 Å². The van der Waals surface area contributed by atoms with E-state index in [2.05, 4.69) is 54.7 Å². The molecule has 2 aliphatic heterocycles. The van der Waals surface area contributed by atoms with Gasteiger partial charge in [0.05, 0.1) is 0 Å². The number of anilines is 1. The number of amides is 2. The van der Waals surface area contributed by atoms with E-state index in [4.69, 9.17) is 0 Å². The van der Waals surface area contributed by atoms with E-state index in [1.165, 1.54) is 31.5 Å². The van der Waals surface area contributed by atoms with Gasteiger partial charge in [-0.05, 0) is 56.0 Å². The summed E-state index contributed by atoms with van der Waals surface area (Å²) in [4.78, 5) is 25.7. The molecule has 2 saturated heterocycles. The Morgan fingerprint density at radius 1 is 1.03 bits per heavy atom. The van der Waals surface area contributed by atoms with Crippen molar-refractivity contribution in [1.82, 2.24) is 25.5 Å². The first-order valence-corrected chi connectivity index (χ1v) is 10.6. The number of nitrogens with one attached hydrogen (secondary N) is 2. The molecular weight excluding hydrogens is 364 g/mol. The van der Waals surface area contributed by atoms with Crippen molar-refractivity contribution in [3.8, 4) is 0 Å². The van der Waals surface area contributed by atoms with E-state index < -0.39 is 0 Å². The second kappa shape index (κ2) is 9.69. The minimum Gasteiger partial charge on any atom is -0.339 e. The number of aromatic nitrogens is 2. The second-order valence-corrected chi connectivity index (χ2v) is 7.96. The zero-order chi connectivity index (χ0) is 19.9. The highest BCUT2D eigenvalue weighted by Gasteiger charge is 2.22. The number of hydrogen-bond donors (Lipinski definition) is 2. The number of benzene rings is 1. The number of nitrogens with zero attached hydrogens (tertiary/aromatic N) is 4. The molecule has 2 aromatic rings. The molecule has 1 atom stereocenters. The van der Waals surface area contributed by atoms with Crippen LogP contribution in [0.5, 0.6) is 0 Å². The Kier molecular flexibility index (Phi) is 6.56. The van der Waals surface area contributed by atoms with E-state index in [-0.39, 0.29) is 12.1 Å². The summed E-state index contributed by atoms with van der Waals surface area (Å²) in [6.45, 7) is 5.59. The summed E-state index contributed by atoms with van der Waals surface area (Å²) in [5, 5.41) is 6.12. The maximum absolute atomic E-state index is 12.4. The van der Waals surface area contributed by atoms with Gasteiger partial charge >= 0.3 is 6.03 Å². The fourth-order valence-corrected chi connectivity index (χ4v) is 4.19. The molecule has 1 unspecified atom stereocenters. The highest BCUT2D eigenvalue weighted by Crippen LogP contribution is 2.16. The van der Waals surface area contributed by atoms with Crippen LogP contribution < -0.4 is 15.5 Å². The fourth-order valence-electron chi connectivity index (χ4n) is 4.19. The maximum Gasteiger partial charge on any atom is 0.315 e. The van der Waals surface area contributed by atoms with Gasteiger partial charge in [-0.3, -0.25) is 4.90 Å². The molecule has 0 bridgehead atoms. The minimum absolute atomic E-state index is 0.106. The SMILES string of the molecule is O=C(NCc1cccc(CN2CCCC2)c1)NC1CCCN(c2ncccn2)C1. The third-order valence-electron chi connectivity index (χ3n) is 5.64. The largest absolute Gasteiger partial charge is 0.339 e. The van der Waals surface area contributed by atoms with Gasteiger partial charge < -0.3 is 15.5 Å². The van der Waals surface area contributed by atoms with Crippen molar-refractivity contribution in [2.45, 2.75) is 44.8 Å². The fraction of sp³-hybridized carbons (Fsp3) is 0.500. The first kappa shape index (κ1) is 19.6. The van der Waals surface area contributed by atoms with Crippen molar-refractivity contribution >= 4 is 12.0 Å². The van der Waals surface area contributed by atoms with Gasteiger partial charge in [0, 0.05) is 44.6 Å². The van der Waals surface area contributed by atoms with Crippen LogP contribution in [0.2, 0.25) is 0 Å². The van der Waals surface area contributed by atoms with Gasteiger partial charge in [0.25, 0.3) is 0 Å². The zero-order valence-corrected chi connectivity index (χ0v) is 16.9. The lowest BCUT2D eigenvalue weighted by atomic mass is 10.1. The molecule has 2 amide bonds. The Morgan fingerprint density at radius 2 is 1.83 bits per heavy atom. The van der Waals surface area contributed by atoms with Crippen molar-refractivity contribution in [2.75, 3.05) is 31.1 Å². The number of carbonyl (C=O) groups is 1. The summed E-state index contributed by atoms with van der Waals surface area (Å²) in [7, 11) is 0. The van der Waals surface area contributed by atoms with Gasteiger partial charge in [-0.2, -0.15) is 0 Å². The monoisotopic (exact) mass is 394 g/mol. The number of piperidine rings is 1. The molecule has 3 heterocycles. The summed E-state index contributed by atoms with van der Waals surface area (Å²) in [6, 6.07) is 10.3. The zero-order valence-electron chi connectivity index (χ0n) is 16.9. The topological polar surface area (TPSA) is 73.4 Å². The lowest BCUT2D eigenvalue weighted by molar-refractivity contribution is 0.234. The minimum atomic E-state index is -0.115. The number of urea groups is 1. The standard InChI is InChI=1S/C22H30N6O/c29-22(26-20-8-4-13-28(17-20)21-23-9-5-10-24-21)25-15-18-6-3-7-19(14-18)16-27-11-1-2-12-27/h3,5-7,9-10,14,20H,1-2,4,8,11-13,15-17H2,(H2,25,26,29). The van der Waals surface area contributed by atoms with Crippen molar-refractivity contribution in [3.63, 3.8) is 0 Å². The first-order chi connectivity index (χ1) is 14.3. The Bertz CT molecular complexity index is 793. The van der Waals surface area contributed by atoms with Crippen molar-refractivity contribution in [2.24, 2.45) is 0 Å². The van der Waals surface area contributed by atoms with E-state index in [9.17, 15) is 4.79 Å². The van der Waals surface area contributed by atoms with Crippen molar-refractivity contribution in [3.05, 3.63) is 53.9 Å². The summed E-state index contributed by atoms with van der Waals surface area (Å²) in [5.74, 6) is 0.731. The van der Waals surface area contributed by atoms with Crippen LogP contribution in [0.15, 0.2) is 42.7 Å². The predicted molar refractivity (Wildman–Crippen MR) is 114 cm³/mol. The Labute approximate surface area is 172 Å². The molecule has 7 heteroatoms. The normalized spacial score (nSPS) is 19.9. The lowest BCUT2D eigenvalue weighted by Crippen LogP contribution is -2.50. The Balaban J connectivity index is 1.24. The highest BCUT2D eigenvalue weighted by molar-refractivity contribution is 5.74. The van der Waals surface area contributed by atoms with Gasteiger partial charge in [0.15, 0.2) is 0 Å².